The predicted molar refractivity (Wildman–Crippen MR) is 80.8 cm³/mol. The topological polar surface area (TPSA) is 47.1 Å². The number of fused-ring (bicyclic) bond motifs is 1. The molecule has 0 amide bonds. The van der Waals surface area contributed by atoms with Crippen LogP contribution in [0, 0.1) is 0 Å². The highest BCUT2D eigenvalue weighted by molar-refractivity contribution is 7.13. The fourth-order valence-corrected chi connectivity index (χ4v) is 3.55. The molecule has 4 heterocycles. The minimum atomic E-state index is 0.844. The van der Waals surface area contributed by atoms with Gasteiger partial charge in [-0.2, -0.15) is 0 Å². The molecule has 0 aliphatic carbocycles. The van der Waals surface area contributed by atoms with Crippen LogP contribution in [-0.2, 0) is 26.6 Å². The third kappa shape index (κ3) is 2.41. The number of thiazole rings is 1. The predicted octanol–water partition coefficient (Wildman–Crippen LogP) is 2.69. The summed E-state index contributed by atoms with van der Waals surface area (Å²) in [5.41, 5.74) is 3.66. The van der Waals surface area contributed by atoms with Crippen molar-refractivity contribution < 1.29 is 4.42 Å². The SMILES string of the molecule is Cn1cnc2c1CCN(Cc1csc(-c3ccco3)n1)C2. The number of furan rings is 1. The molecule has 108 valence electrons. The first-order chi connectivity index (χ1) is 10.3. The Labute approximate surface area is 126 Å². The summed E-state index contributed by atoms with van der Waals surface area (Å²) in [6.07, 6.45) is 4.65. The van der Waals surface area contributed by atoms with E-state index in [0.29, 0.717) is 0 Å². The Morgan fingerprint density at radius 1 is 1.43 bits per heavy atom. The molecule has 0 N–H and O–H groups in total. The number of hydrogen-bond donors (Lipinski definition) is 0. The summed E-state index contributed by atoms with van der Waals surface area (Å²) in [7, 11) is 2.07. The second kappa shape index (κ2) is 5.13. The summed E-state index contributed by atoms with van der Waals surface area (Å²) in [6.45, 7) is 2.83. The molecule has 1 aliphatic rings. The van der Waals surface area contributed by atoms with Crippen molar-refractivity contribution in [2.45, 2.75) is 19.5 Å². The lowest BCUT2D eigenvalue weighted by Crippen LogP contribution is -2.30. The molecule has 0 aromatic carbocycles. The lowest BCUT2D eigenvalue weighted by molar-refractivity contribution is 0.238. The van der Waals surface area contributed by atoms with Gasteiger partial charge in [0, 0.05) is 44.2 Å². The standard InChI is InChI=1S/C15H16N4OS/c1-18-10-16-12-8-19(5-4-13(12)18)7-11-9-21-15(17-11)14-3-2-6-20-14/h2-3,6,9-10H,4-5,7-8H2,1H3. The van der Waals surface area contributed by atoms with Crippen LogP contribution in [-0.4, -0.2) is 26.0 Å². The van der Waals surface area contributed by atoms with E-state index in [2.05, 4.69) is 31.9 Å². The van der Waals surface area contributed by atoms with Crippen LogP contribution in [0.5, 0.6) is 0 Å². The Morgan fingerprint density at radius 2 is 2.38 bits per heavy atom. The quantitative estimate of drug-likeness (QED) is 0.746. The van der Waals surface area contributed by atoms with E-state index in [-0.39, 0.29) is 0 Å². The summed E-state index contributed by atoms with van der Waals surface area (Å²) < 4.78 is 7.52. The molecule has 0 fully saturated rings. The molecule has 3 aromatic heterocycles. The van der Waals surface area contributed by atoms with Gasteiger partial charge < -0.3 is 8.98 Å². The van der Waals surface area contributed by atoms with Crippen molar-refractivity contribution in [3.05, 3.63) is 47.2 Å². The van der Waals surface area contributed by atoms with Gasteiger partial charge in [-0.25, -0.2) is 9.97 Å². The largest absolute Gasteiger partial charge is 0.462 e. The normalized spacial score (nSPS) is 15.3. The highest BCUT2D eigenvalue weighted by Crippen LogP contribution is 2.25. The zero-order chi connectivity index (χ0) is 14.2. The number of imidazole rings is 1. The number of nitrogens with zero attached hydrogens (tertiary/aromatic N) is 4. The molecule has 5 nitrogen and oxygen atoms in total. The summed E-state index contributed by atoms with van der Waals surface area (Å²) in [5.74, 6) is 0.844. The Kier molecular flexibility index (Phi) is 3.12. The molecule has 0 saturated heterocycles. The Hall–Kier alpha value is -1.92. The van der Waals surface area contributed by atoms with E-state index in [1.165, 1.54) is 11.4 Å². The highest BCUT2D eigenvalue weighted by Gasteiger charge is 2.20. The summed E-state index contributed by atoms with van der Waals surface area (Å²) in [6, 6.07) is 3.84. The van der Waals surface area contributed by atoms with E-state index in [1.807, 2.05) is 18.5 Å². The molecule has 0 unspecified atom stereocenters. The van der Waals surface area contributed by atoms with E-state index < -0.39 is 0 Å². The van der Waals surface area contributed by atoms with Gasteiger partial charge >= 0.3 is 0 Å². The molecule has 0 radical (unpaired) electrons. The zero-order valence-electron chi connectivity index (χ0n) is 11.8. The average Bonchev–Trinajstić information content (AvgIpc) is 3.20. The first-order valence-corrected chi connectivity index (χ1v) is 7.87. The van der Waals surface area contributed by atoms with Crippen LogP contribution in [0.15, 0.2) is 34.5 Å². The van der Waals surface area contributed by atoms with Crippen molar-refractivity contribution in [3.63, 3.8) is 0 Å². The maximum Gasteiger partial charge on any atom is 0.162 e. The van der Waals surface area contributed by atoms with Gasteiger partial charge in [0.05, 0.1) is 24.0 Å². The smallest absolute Gasteiger partial charge is 0.162 e. The van der Waals surface area contributed by atoms with Gasteiger partial charge in [0.1, 0.15) is 0 Å². The third-order valence-electron chi connectivity index (χ3n) is 3.85. The fraction of sp³-hybridized carbons (Fsp3) is 0.333. The van der Waals surface area contributed by atoms with Crippen molar-refractivity contribution in [3.8, 4) is 10.8 Å². The van der Waals surface area contributed by atoms with Crippen molar-refractivity contribution in [1.29, 1.82) is 0 Å². The third-order valence-corrected chi connectivity index (χ3v) is 4.76. The minimum absolute atomic E-state index is 0.844. The Morgan fingerprint density at radius 3 is 3.24 bits per heavy atom. The number of aromatic nitrogens is 3. The van der Waals surface area contributed by atoms with Crippen LogP contribution in [0.2, 0.25) is 0 Å². The van der Waals surface area contributed by atoms with Crippen molar-refractivity contribution >= 4 is 11.3 Å². The molecule has 0 atom stereocenters. The van der Waals surface area contributed by atoms with Crippen LogP contribution < -0.4 is 0 Å². The van der Waals surface area contributed by atoms with Crippen molar-refractivity contribution in [1.82, 2.24) is 19.4 Å². The monoisotopic (exact) mass is 300 g/mol. The first-order valence-electron chi connectivity index (χ1n) is 6.99. The maximum absolute atomic E-state index is 5.39. The second-order valence-electron chi connectivity index (χ2n) is 5.33. The number of aryl methyl sites for hydroxylation is 1. The van der Waals surface area contributed by atoms with E-state index in [9.17, 15) is 0 Å². The Bertz CT molecular complexity index is 744. The Balaban J connectivity index is 1.48. The minimum Gasteiger partial charge on any atom is -0.462 e. The van der Waals surface area contributed by atoms with Gasteiger partial charge in [0.25, 0.3) is 0 Å². The van der Waals surface area contributed by atoms with Crippen LogP contribution >= 0.6 is 11.3 Å². The van der Waals surface area contributed by atoms with E-state index in [0.717, 1.165) is 42.5 Å². The summed E-state index contributed by atoms with van der Waals surface area (Å²) in [4.78, 5) is 11.5. The van der Waals surface area contributed by atoms with E-state index in [1.54, 1.807) is 17.6 Å². The van der Waals surface area contributed by atoms with Crippen molar-refractivity contribution in [2.24, 2.45) is 7.05 Å². The highest BCUT2D eigenvalue weighted by atomic mass is 32.1. The molecule has 3 aromatic rings. The zero-order valence-corrected chi connectivity index (χ0v) is 12.6. The fourth-order valence-electron chi connectivity index (χ4n) is 2.77. The van der Waals surface area contributed by atoms with Gasteiger partial charge in [0.15, 0.2) is 10.8 Å². The summed E-state index contributed by atoms with van der Waals surface area (Å²) in [5, 5.41) is 3.07. The van der Waals surface area contributed by atoms with Crippen LogP contribution in [0.1, 0.15) is 17.1 Å². The second-order valence-corrected chi connectivity index (χ2v) is 6.19. The van der Waals surface area contributed by atoms with Crippen molar-refractivity contribution in [2.75, 3.05) is 6.54 Å². The van der Waals surface area contributed by atoms with Gasteiger partial charge in [0.2, 0.25) is 0 Å². The summed E-state index contributed by atoms with van der Waals surface area (Å²) >= 11 is 1.63. The molecule has 0 saturated carbocycles. The maximum atomic E-state index is 5.39. The van der Waals surface area contributed by atoms with Crippen LogP contribution in [0.4, 0.5) is 0 Å². The molecule has 4 rings (SSSR count). The molecule has 21 heavy (non-hydrogen) atoms. The van der Waals surface area contributed by atoms with Gasteiger partial charge in [-0.05, 0) is 12.1 Å². The first kappa shape index (κ1) is 12.8. The van der Waals surface area contributed by atoms with Gasteiger partial charge in [-0.3, -0.25) is 4.90 Å². The molecule has 1 aliphatic heterocycles. The van der Waals surface area contributed by atoms with Gasteiger partial charge in [-0.15, -0.1) is 11.3 Å². The number of hydrogen-bond acceptors (Lipinski definition) is 5. The molecule has 0 spiro atoms. The van der Waals surface area contributed by atoms with Gasteiger partial charge in [-0.1, -0.05) is 0 Å². The number of rotatable bonds is 3. The van der Waals surface area contributed by atoms with E-state index in [4.69, 9.17) is 4.42 Å². The lowest BCUT2D eigenvalue weighted by Gasteiger charge is -2.25. The van der Waals surface area contributed by atoms with E-state index >= 15 is 0 Å². The van der Waals surface area contributed by atoms with Crippen LogP contribution in [0.25, 0.3) is 10.8 Å². The average molecular weight is 300 g/mol. The molecule has 0 bridgehead atoms. The molecular weight excluding hydrogens is 284 g/mol. The molecule has 6 heteroatoms. The molecular formula is C15H16N4OS. The van der Waals surface area contributed by atoms with Crippen LogP contribution in [0.3, 0.4) is 0 Å². The lowest BCUT2D eigenvalue weighted by atomic mass is 10.1.